The van der Waals surface area contributed by atoms with E-state index < -0.39 is 23.5 Å². The van der Waals surface area contributed by atoms with Gasteiger partial charge in [-0.1, -0.05) is 6.92 Å². The highest BCUT2D eigenvalue weighted by atomic mass is 35.5. The fourth-order valence-corrected chi connectivity index (χ4v) is 2.75. The molecule has 0 radical (unpaired) electrons. The number of nitrogens with zero attached hydrogens (tertiary/aromatic N) is 1. The number of rotatable bonds is 4. The first-order chi connectivity index (χ1) is 10.8. The summed E-state index contributed by atoms with van der Waals surface area (Å²) < 4.78 is 51.6. The molecule has 1 aliphatic heterocycles. The zero-order valence-corrected chi connectivity index (χ0v) is 14.1. The Hall–Kier alpha value is -1.34. The van der Waals surface area contributed by atoms with E-state index in [4.69, 9.17) is 0 Å². The standard InChI is InChI=1S/C16H20F4N2O.ClH/c1-2-21-10-11-3-5-22(6-4-11)15(23)12-7-13(16(18,19)20)9-14(17)8-12;/h7-9,11,21H,2-6,10H2,1H3;1H. The number of carbonyl (C=O) groups is 1. The van der Waals surface area contributed by atoms with Crippen LogP contribution >= 0.6 is 12.4 Å². The lowest BCUT2D eigenvalue weighted by Gasteiger charge is -2.32. The molecule has 0 atom stereocenters. The van der Waals surface area contributed by atoms with Crippen molar-refractivity contribution in [2.24, 2.45) is 5.92 Å². The quantitative estimate of drug-likeness (QED) is 0.821. The largest absolute Gasteiger partial charge is 0.416 e. The maximum atomic E-state index is 13.4. The van der Waals surface area contributed by atoms with Gasteiger partial charge in [0.1, 0.15) is 5.82 Å². The molecule has 24 heavy (non-hydrogen) atoms. The van der Waals surface area contributed by atoms with Gasteiger partial charge in [-0.25, -0.2) is 4.39 Å². The van der Waals surface area contributed by atoms with Crippen molar-refractivity contribution in [1.82, 2.24) is 10.2 Å². The molecule has 1 N–H and O–H groups in total. The Morgan fingerprint density at radius 3 is 2.42 bits per heavy atom. The monoisotopic (exact) mass is 368 g/mol. The third kappa shape index (κ3) is 5.34. The molecule has 0 aliphatic carbocycles. The van der Waals surface area contributed by atoms with Gasteiger partial charge in [-0.3, -0.25) is 4.79 Å². The number of alkyl halides is 3. The van der Waals surface area contributed by atoms with Crippen molar-refractivity contribution < 1.29 is 22.4 Å². The lowest BCUT2D eigenvalue weighted by Crippen LogP contribution is -2.40. The van der Waals surface area contributed by atoms with E-state index >= 15 is 0 Å². The summed E-state index contributed by atoms with van der Waals surface area (Å²) in [6.45, 7) is 4.72. The van der Waals surface area contributed by atoms with Crippen LogP contribution in [0.1, 0.15) is 35.7 Å². The molecule has 0 saturated carbocycles. The van der Waals surface area contributed by atoms with Gasteiger partial charge in [0.25, 0.3) is 5.91 Å². The topological polar surface area (TPSA) is 32.3 Å². The molecule has 1 heterocycles. The number of nitrogens with one attached hydrogen (secondary N) is 1. The van der Waals surface area contributed by atoms with Gasteiger partial charge in [-0.2, -0.15) is 13.2 Å². The first-order valence-corrected chi connectivity index (χ1v) is 7.69. The molecule has 3 nitrogen and oxygen atoms in total. The lowest BCUT2D eigenvalue weighted by molar-refractivity contribution is -0.137. The average Bonchev–Trinajstić information content (AvgIpc) is 2.51. The van der Waals surface area contributed by atoms with Gasteiger partial charge in [0.15, 0.2) is 0 Å². The van der Waals surface area contributed by atoms with Gasteiger partial charge in [0.2, 0.25) is 0 Å². The van der Waals surface area contributed by atoms with Crippen molar-refractivity contribution in [2.45, 2.75) is 25.9 Å². The zero-order chi connectivity index (χ0) is 17.0. The fraction of sp³-hybridized carbons (Fsp3) is 0.562. The minimum Gasteiger partial charge on any atom is -0.339 e. The first kappa shape index (κ1) is 20.7. The summed E-state index contributed by atoms with van der Waals surface area (Å²) >= 11 is 0. The van der Waals surface area contributed by atoms with Crippen LogP contribution in [-0.4, -0.2) is 37.0 Å². The van der Waals surface area contributed by atoms with Crippen LogP contribution in [0.15, 0.2) is 18.2 Å². The van der Waals surface area contributed by atoms with Crippen molar-refractivity contribution in [3.05, 3.63) is 35.1 Å². The van der Waals surface area contributed by atoms with E-state index in [0.29, 0.717) is 25.1 Å². The van der Waals surface area contributed by atoms with Gasteiger partial charge in [0.05, 0.1) is 5.56 Å². The minimum atomic E-state index is -4.67. The van der Waals surface area contributed by atoms with Crippen molar-refractivity contribution in [1.29, 1.82) is 0 Å². The SMILES string of the molecule is CCNCC1CCN(C(=O)c2cc(F)cc(C(F)(F)F)c2)CC1.Cl. The molecule has 1 aliphatic rings. The number of hydrogen-bond acceptors (Lipinski definition) is 2. The maximum Gasteiger partial charge on any atom is 0.416 e. The lowest BCUT2D eigenvalue weighted by atomic mass is 9.96. The van der Waals surface area contributed by atoms with E-state index in [1.54, 1.807) is 0 Å². The van der Waals surface area contributed by atoms with Gasteiger partial charge in [-0.05, 0) is 50.0 Å². The summed E-state index contributed by atoms with van der Waals surface area (Å²) in [7, 11) is 0. The molecule has 136 valence electrons. The van der Waals surface area contributed by atoms with Crippen molar-refractivity contribution in [3.63, 3.8) is 0 Å². The van der Waals surface area contributed by atoms with Crippen LogP contribution in [0.4, 0.5) is 17.6 Å². The van der Waals surface area contributed by atoms with Crippen molar-refractivity contribution >= 4 is 18.3 Å². The molecule has 0 spiro atoms. The highest BCUT2D eigenvalue weighted by Crippen LogP contribution is 2.31. The van der Waals surface area contributed by atoms with E-state index in [0.717, 1.165) is 38.1 Å². The maximum absolute atomic E-state index is 13.4. The first-order valence-electron chi connectivity index (χ1n) is 7.69. The molecular weight excluding hydrogens is 348 g/mol. The molecule has 0 bridgehead atoms. The van der Waals surface area contributed by atoms with E-state index in [1.807, 2.05) is 6.92 Å². The number of halogens is 5. The van der Waals surface area contributed by atoms with Crippen LogP contribution in [0.3, 0.4) is 0 Å². The van der Waals surface area contributed by atoms with Gasteiger partial charge < -0.3 is 10.2 Å². The second-order valence-corrected chi connectivity index (χ2v) is 5.77. The fourth-order valence-electron chi connectivity index (χ4n) is 2.75. The van der Waals surface area contributed by atoms with Crippen LogP contribution < -0.4 is 5.32 Å². The number of likely N-dealkylation sites (tertiary alicyclic amines) is 1. The van der Waals surface area contributed by atoms with Crippen LogP contribution in [-0.2, 0) is 6.18 Å². The Balaban J connectivity index is 0.00000288. The zero-order valence-electron chi connectivity index (χ0n) is 13.3. The normalized spacial score (nSPS) is 16.0. The number of benzene rings is 1. The molecule has 1 aromatic carbocycles. The van der Waals surface area contributed by atoms with E-state index in [1.165, 1.54) is 4.90 Å². The minimum absolute atomic E-state index is 0. The molecule has 1 amide bonds. The Kier molecular flexibility index (Phi) is 7.48. The molecule has 0 unspecified atom stereocenters. The van der Waals surface area contributed by atoms with Gasteiger partial charge >= 0.3 is 6.18 Å². The predicted molar refractivity (Wildman–Crippen MR) is 85.8 cm³/mol. The molecular formula is C16H21ClF4N2O. The Morgan fingerprint density at radius 1 is 1.25 bits per heavy atom. The van der Waals surface area contributed by atoms with E-state index in [-0.39, 0.29) is 18.0 Å². The predicted octanol–water partition coefficient (Wildman–Crippen LogP) is 3.73. The summed E-state index contributed by atoms with van der Waals surface area (Å²) in [6.07, 6.45) is -3.09. The highest BCUT2D eigenvalue weighted by Gasteiger charge is 2.33. The number of piperidine rings is 1. The number of hydrogen-bond donors (Lipinski definition) is 1. The molecule has 0 aromatic heterocycles. The molecule has 1 aromatic rings. The average molecular weight is 369 g/mol. The Morgan fingerprint density at radius 2 is 1.88 bits per heavy atom. The van der Waals surface area contributed by atoms with Gasteiger partial charge in [-0.15, -0.1) is 12.4 Å². The number of amides is 1. The summed E-state index contributed by atoms with van der Waals surface area (Å²) in [5, 5.41) is 3.25. The smallest absolute Gasteiger partial charge is 0.339 e. The van der Waals surface area contributed by atoms with Crippen LogP contribution in [0.2, 0.25) is 0 Å². The molecule has 8 heteroatoms. The van der Waals surface area contributed by atoms with Gasteiger partial charge in [0, 0.05) is 18.7 Å². The Labute approximate surface area is 144 Å². The van der Waals surface area contributed by atoms with Crippen molar-refractivity contribution in [2.75, 3.05) is 26.2 Å². The van der Waals surface area contributed by atoms with Crippen LogP contribution in [0, 0.1) is 11.7 Å². The van der Waals surface area contributed by atoms with Crippen molar-refractivity contribution in [3.8, 4) is 0 Å². The molecule has 2 rings (SSSR count). The highest BCUT2D eigenvalue weighted by molar-refractivity contribution is 5.94. The third-order valence-electron chi connectivity index (χ3n) is 4.06. The van der Waals surface area contributed by atoms with Crippen LogP contribution in [0.5, 0.6) is 0 Å². The summed E-state index contributed by atoms with van der Waals surface area (Å²) in [5.41, 5.74) is -1.38. The second-order valence-electron chi connectivity index (χ2n) is 5.77. The number of carbonyl (C=O) groups excluding carboxylic acids is 1. The molecule has 1 fully saturated rings. The van der Waals surface area contributed by atoms with Crippen LogP contribution in [0.25, 0.3) is 0 Å². The summed E-state index contributed by atoms with van der Waals surface area (Å²) in [5.74, 6) is -1.14. The summed E-state index contributed by atoms with van der Waals surface area (Å²) in [6, 6.07) is 1.98. The molecule has 1 saturated heterocycles. The van der Waals surface area contributed by atoms with E-state index in [9.17, 15) is 22.4 Å². The second kappa shape index (κ2) is 8.67. The Bertz CT molecular complexity index is 557. The third-order valence-corrected chi connectivity index (χ3v) is 4.06. The summed E-state index contributed by atoms with van der Waals surface area (Å²) in [4.78, 5) is 13.8. The van der Waals surface area contributed by atoms with E-state index in [2.05, 4.69) is 5.32 Å².